The second kappa shape index (κ2) is 5.00. The van der Waals surface area contributed by atoms with Crippen molar-refractivity contribution in [3.63, 3.8) is 0 Å². The second-order valence-corrected chi connectivity index (χ2v) is 5.41. The van der Waals surface area contributed by atoms with Crippen molar-refractivity contribution in [2.75, 3.05) is 46.9 Å². The SMILES string of the molecule is CN(C)C1CCN(C2(CN)CCOC2)CC1. The molecule has 0 radical (unpaired) electrons. The van der Waals surface area contributed by atoms with Crippen molar-refractivity contribution < 1.29 is 4.74 Å². The molecule has 1 unspecified atom stereocenters. The Labute approximate surface area is 98.7 Å². The minimum atomic E-state index is 0.150. The molecule has 4 heteroatoms. The van der Waals surface area contributed by atoms with Crippen molar-refractivity contribution >= 4 is 0 Å². The van der Waals surface area contributed by atoms with E-state index in [1.807, 2.05) is 0 Å². The van der Waals surface area contributed by atoms with Gasteiger partial charge >= 0.3 is 0 Å². The third-order valence-electron chi connectivity index (χ3n) is 4.33. The van der Waals surface area contributed by atoms with E-state index in [9.17, 15) is 0 Å². The normalized spacial score (nSPS) is 33.8. The van der Waals surface area contributed by atoms with Crippen LogP contribution < -0.4 is 5.73 Å². The molecule has 0 aromatic carbocycles. The Balaban J connectivity index is 1.92. The molecule has 2 heterocycles. The zero-order chi connectivity index (χ0) is 11.6. The first-order valence-electron chi connectivity index (χ1n) is 6.37. The first-order valence-corrected chi connectivity index (χ1v) is 6.37. The molecule has 2 aliphatic heterocycles. The van der Waals surface area contributed by atoms with E-state index in [2.05, 4.69) is 23.9 Å². The Hall–Kier alpha value is -0.160. The molecule has 0 aromatic rings. The van der Waals surface area contributed by atoms with Gasteiger partial charge in [0.15, 0.2) is 0 Å². The molecule has 2 aliphatic rings. The average Bonchev–Trinajstić information content (AvgIpc) is 2.79. The molecule has 0 bridgehead atoms. The standard InChI is InChI=1S/C12H25N3O/c1-14(2)11-3-6-15(7-4-11)12(9-13)5-8-16-10-12/h11H,3-10,13H2,1-2H3. The average molecular weight is 227 g/mol. The van der Waals surface area contributed by atoms with Crippen LogP contribution in [0.25, 0.3) is 0 Å². The van der Waals surface area contributed by atoms with Gasteiger partial charge in [-0.2, -0.15) is 0 Å². The summed E-state index contributed by atoms with van der Waals surface area (Å²) in [5.41, 5.74) is 6.11. The lowest BCUT2D eigenvalue weighted by atomic mass is 9.92. The number of hydrogen-bond acceptors (Lipinski definition) is 4. The van der Waals surface area contributed by atoms with Crippen molar-refractivity contribution in [1.82, 2.24) is 9.80 Å². The van der Waals surface area contributed by atoms with Crippen molar-refractivity contribution in [2.45, 2.75) is 30.8 Å². The highest BCUT2D eigenvalue weighted by Crippen LogP contribution is 2.29. The zero-order valence-electron chi connectivity index (χ0n) is 10.6. The van der Waals surface area contributed by atoms with Gasteiger partial charge in [0.2, 0.25) is 0 Å². The number of hydrogen-bond donors (Lipinski definition) is 1. The summed E-state index contributed by atoms with van der Waals surface area (Å²) in [6.07, 6.45) is 3.62. The molecular weight excluding hydrogens is 202 g/mol. The quantitative estimate of drug-likeness (QED) is 0.744. The van der Waals surface area contributed by atoms with Gasteiger partial charge in [0, 0.05) is 32.3 Å². The lowest BCUT2D eigenvalue weighted by Gasteiger charge is -2.44. The van der Waals surface area contributed by atoms with Gasteiger partial charge in [-0.3, -0.25) is 4.90 Å². The van der Waals surface area contributed by atoms with Gasteiger partial charge < -0.3 is 15.4 Å². The molecule has 94 valence electrons. The van der Waals surface area contributed by atoms with Crippen LogP contribution in [0.1, 0.15) is 19.3 Å². The molecule has 0 saturated carbocycles. The summed E-state index contributed by atoms with van der Waals surface area (Å²) >= 11 is 0. The van der Waals surface area contributed by atoms with Crippen LogP contribution >= 0.6 is 0 Å². The van der Waals surface area contributed by atoms with Crippen LogP contribution in [0.3, 0.4) is 0 Å². The number of likely N-dealkylation sites (tertiary alicyclic amines) is 1. The van der Waals surface area contributed by atoms with E-state index in [0.29, 0.717) is 0 Å². The Morgan fingerprint density at radius 2 is 2.06 bits per heavy atom. The number of ether oxygens (including phenoxy) is 1. The molecule has 16 heavy (non-hydrogen) atoms. The van der Waals surface area contributed by atoms with Gasteiger partial charge in [-0.1, -0.05) is 0 Å². The highest BCUT2D eigenvalue weighted by atomic mass is 16.5. The predicted molar refractivity (Wildman–Crippen MR) is 65.5 cm³/mol. The van der Waals surface area contributed by atoms with E-state index in [1.54, 1.807) is 0 Å². The van der Waals surface area contributed by atoms with Crippen molar-refractivity contribution in [1.29, 1.82) is 0 Å². The fourth-order valence-corrected chi connectivity index (χ4v) is 2.99. The van der Waals surface area contributed by atoms with E-state index in [-0.39, 0.29) is 5.54 Å². The Morgan fingerprint density at radius 3 is 2.50 bits per heavy atom. The first kappa shape index (κ1) is 12.3. The monoisotopic (exact) mass is 227 g/mol. The van der Waals surface area contributed by atoms with Gasteiger partial charge in [-0.25, -0.2) is 0 Å². The molecule has 4 nitrogen and oxygen atoms in total. The van der Waals surface area contributed by atoms with Gasteiger partial charge in [0.05, 0.1) is 12.1 Å². The van der Waals surface area contributed by atoms with Gasteiger partial charge in [0.1, 0.15) is 0 Å². The van der Waals surface area contributed by atoms with Crippen LogP contribution in [0.15, 0.2) is 0 Å². The maximum atomic E-state index is 5.96. The largest absolute Gasteiger partial charge is 0.379 e. The van der Waals surface area contributed by atoms with Gasteiger partial charge in [-0.05, 0) is 33.4 Å². The maximum absolute atomic E-state index is 5.96. The van der Waals surface area contributed by atoms with Crippen LogP contribution in [0.4, 0.5) is 0 Å². The molecule has 1 atom stereocenters. The summed E-state index contributed by atoms with van der Waals surface area (Å²) in [5.74, 6) is 0. The molecule has 2 rings (SSSR count). The highest BCUT2D eigenvalue weighted by Gasteiger charge is 2.40. The smallest absolute Gasteiger partial charge is 0.0663 e. The Morgan fingerprint density at radius 1 is 1.38 bits per heavy atom. The summed E-state index contributed by atoms with van der Waals surface area (Å²) in [5, 5.41) is 0. The lowest BCUT2D eigenvalue weighted by Crippen LogP contribution is -2.58. The summed E-state index contributed by atoms with van der Waals surface area (Å²) in [6.45, 7) is 4.79. The molecule has 0 spiro atoms. The van der Waals surface area contributed by atoms with Crippen LogP contribution in [0, 0.1) is 0 Å². The zero-order valence-corrected chi connectivity index (χ0v) is 10.6. The molecule has 2 fully saturated rings. The van der Waals surface area contributed by atoms with Crippen LogP contribution in [-0.2, 0) is 4.74 Å². The summed E-state index contributed by atoms with van der Waals surface area (Å²) in [4.78, 5) is 4.91. The lowest BCUT2D eigenvalue weighted by molar-refractivity contribution is 0.0349. The van der Waals surface area contributed by atoms with Crippen LogP contribution in [0.2, 0.25) is 0 Å². The molecule has 2 saturated heterocycles. The van der Waals surface area contributed by atoms with Gasteiger partial charge in [0.25, 0.3) is 0 Å². The first-order chi connectivity index (χ1) is 7.68. The fourth-order valence-electron chi connectivity index (χ4n) is 2.99. The molecule has 0 amide bonds. The van der Waals surface area contributed by atoms with E-state index in [4.69, 9.17) is 10.5 Å². The van der Waals surface area contributed by atoms with E-state index in [0.717, 1.165) is 32.2 Å². The van der Waals surface area contributed by atoms with E-state index in [1.165, 1.54) is 25.9 Å². The predicted octanol–water partition coefficient (Wildman–Crippen LogP) is 0.130. The number of piperidine rings is 1. The minimum absolute atomic E-state index is 0.150. The summed E-state index contributed by atoms with van der Waals surface area (Å²) in [7, 11) is 4.36. The topological polar surface area (TPSA) is 41.7 Å². The third kappa shape index (κ3) is 2.25. The van der Waals surface area contributed by atoms with Crippen LogP contribution in [0.5, 0.6) is 0 Å². The maximum Gasteiger partial charge on any atom is 0.0663 e. The molecule has 2 N–H and O–H groups in total. The molecule has 0 aromatic heterocycles. The van der Waals surface area contributed by atoms with E-state index >= 15 is 0 Å². The van der Waals surface area contributed by atoms with Crippen LogP contribution in [-0.4, -0.2) is 68.3 Å². The van der Waals surface area contributed by atoms with Gasteiger partial charge in [-0.15, -0.1) is 0 Å². The number of nitrogens with zero attached hydrogens (tertiary/aromatic N) is 2. The highest BCUT2D eigenvalue weighted by molar-refractivity contribution is 4.97. The summed E-state index contributed by atoms with van der Waals surface area (Å²) < 4.78 is 5.55. The molecular formula is C12H25N3O. The van der Waals surface area contributed by atoms with E-state index < -0.39 is 0 Å². The van der Waals surface area contributed by atoms with Crippen molar-refractivity contribution in [2.24, 2.45) is 5.73 Å². The van der Waals surface area contributed by atoms with Crippen molar-refractivity contribution in [3.8, 4) is 0 Å². The number of rotatable bonds is 3. The second-order valence-electron chi connectivity index (χ2n) is 5.41. The van der Waals surface area contributed by atoms with Crippen molar-refractivity contribution in [3.05, 3.63) is 0 Å². The Kier molecular flexibility index (Phi) is 3.85. The Bertz CT molecular complexity index is 218. The number of nitrogens with two attached hydrogens (primary N) is 1. The fraction of sp³-hybridized carbons (Fsp3) is 1.00. The third-order valence-corrected chi connectivity index (χ3v) is 4.33. The summed E-state index contributed by atoms with van der Waals surface area (Å²) in [6, 6.07) is 0.744. The molecule has 0 aliphatic carbocycles. The minimum Gasteiger partial charge on any atom is -0.379 e.